The topological polar surface area (TPSA) is 38.0 Å². The maximum Gasteiger partial charge on any atom is 0.128 e. The number of hydrogen-bond donors (Lipinski definition) is 2. The van der Waals surface area contributed by atoms with Gasteiger partial charge in [-0.05, 0) is 37.8 Å². The Morgan fingerprint density at radius 2 is 2.20 bits per heavy atom. The number of nitrogen functional groups attached to an aromatic ring is 1. The molecule has 15 heavy (non-hydrogen) atoms. The van der Waals surface area contributed by atoms with Crippen molar-refractivity contribution in [3.05, 3.63) is 23.5 Å². The second-order valence-electron chi connectivity index (χ2n) is 3.69. The molecule has 0 bridgehead atoms. The Labute approximate surface area is 94.4 Å². The third-order valence-corrected chi connectivity index (χ3v) is 2.98. The normalized spacial score (nSPS) is 12.5. The number of rotatable bonds is 4. The number of hydrogen-bond acceptors (Lipinski definition) is 3. The summed E-state index contributed by atoms with van der Waals surface area (Å²) in [5, 5.41) is 3.27. The maximum absolute atomic E-state index is 13.1. The van der Waals surface area contributed by atoms with Crippen molar-refractivity contribution in [1.29, 1.82) is 0 Å². The number of aryl methyl sites for hydroxylation is 1. The molecule has 1 unspecified atom stereocenters. The number of halogens is 1. The van der Waals surface area contributed by atoms with Crippen molar-refractivity contribution in [1.82, 2.24) is 0 Å². The summed E-state index contributed by atoms with van der Waals surface area (Å²) in [4.78, 5) is 0. The first kappa shape index (κ1) is 12.2. The first-order valence-corrected chi connectivity index (χ1v) is 6.25. The van der Waals surface area contributed by atoms with Gasteiger partial charge >= 0.3 is 0 Å². The highest BCUT2D eigenvalue weighted by Crippen LogP contribution is 2.23. The van der Waals surface area contributed by atoms with E-state index in [0.717, 1.165) is 11.4 Å². The van der Waals surface area contributed by atoms with Crippen molar-refractivity contribution < 1.29 is 4.39 Å². The molecule has 0 aromatic heterocycles. The van der Waals surface area contributed by atoms with E-state index in [1.165, 1.54) is 6.07 Å². The largest absolute Gasteiger partial charge is 0.397 e. The van der Waals surface area contributed by atoms with E-state index in [1.807, 2.05) is 0 Å². The number of thioether (sulfide) groups is 1. The molecule has 0 aliphatic heterocycles. The zero-order chi connectivity index (χ0) is 11.4. The van der Waals surface area contributed by atoms with Crippen LogP contribution in [0.5, 0.6) is 0 Å². The Kier molecular flexibility index (Phi) is 4.27. The molecule has 0 saturated carbocycles. The molecule has 84 valence electrons. The zero-order valence-electron chi connectivity index (χ0n) is 9.30. The molecule has 0 aliphatic rings. The highest BCUT2D eigenvalue weighted by molar-refractivity contribution is 7.98. The van der Waals surface area contributed by atoms with Crippen LogP contribution in [0.1, 0.15) is 12.5 Å². The Hall–Kier alpha value is -0.900. The average Bonchev–Trinajstić information content (AvgIpc) is 2.14. The molecule has 1 rings (SSSR count). The third kappa shape index (κ3) is 3.30. The second-order valence-corrected chi connectivity index (χ2v) is 4.60. The summed E-state index contributed by atoms with van der Waals surface area (Å²) in [5.74, 6) is 0.742. The summed E-state index contributed by atoms with van der Waals surface area (Å²) in [6.07, 6.45) is 2.05. The van der Waals surface area contributed by atoms with Gasteiger partial charge in [0.25, 0.3) is 0 Å². The zero-order valence-corrected chi connectivity index (χ0v) is 10.1. The van der Waals surface area contributed by atoms with E-state index in [2.05, 4.69) is 18.5 Å². The lowest BCUT2D eigenvalue weighted by molar-refractivity contribution is 0.619. The van der Waals surface area contributed by atoms with Gasteiger partial charge in [-0.1, -0.05) is 0 Å². The van der Waals surface area contributed by atoms with Crippen LogP contribution in [0, 0.1) is 12.7 Å². The summed E-state index contributed by atoms with van der Waals surface area (Å²) in [6.45, 7) is 3.81. The first-order chi connectivity index (χ1) is 7.04. The summed E-state index contributed by atoms with van der Waals surface area (Å²) in [5.41, 5.74) is 7.62. The van der Waals surface area contributed by atoms with Gasteiger partial charge in [0.05, 0.1) is 11.4 Å². The smallest absolute Gasteiger partial charge is 0.128 e. The highest BCUT2D eigenvalue weighted by atomic mass is 32.2. The predicted molar refractivity (Wildman–Crippen MR) is 67.0 cm³/mol. The van der Waals surface area contributed by atoms with E-state index in [1.54, 1.807) is 24.8 Å². The Morgan fingerprint density at radius 1 is 1.53 bits per heavy atom. The second kappa shape index (κ2) is 5.26. The Balaban J connectivity index is 2.81. The fourth-order valence-corrected chi connectivity index (χ4v) is 1.96. The van der Waals surface area contributed by atoms with E-state index in [9.17, 15) is 4.39 Å². The van der Waals surface area contributed by atoms with Crippen LogP contribution < -0.4 is 11.1 Å². The molecule has 3 N–H and O–H groups in total. The van der Waals surface area contributed by atoms with E-state index in [4.69, 9.17) is 5.73 Å². The monoisotopic (exact) mass is 228 g/mol. The molecule has 0 spiro atoms. The highest BCUT2D eigenvalue weighted by Gasteiger charge is 2.07. The molecule has 1 atom stereocenters. The molecule has 0 saturated heterocycles. The van der Waals surface area contributed by atoms with E-state index in [-0.39, 0.29) is 5.82 Å². The standard InChI is InChI=1S/C11H17FN2S/c1-7-4-11(10(13)5-9(7)12)14-8(2)6-15-3/h4-5,8,14H,6,13H2,1-3H3. The van der Waals surface area contributed by atoms with Crippen molar-refractivity contribution in [2.24, 2.45) is 0 Å². The van der Waals surface area contributed by atoms with Crippen LogP contribution in [0.3, 0.4) is 0 Å². The van der Waals surface area contributed by atoms with E-state index >= 15 is 0 Å². The summed E-state index contributed by atoms with van der Waals surface area (Å²) >= 11 is 1.76. The molecule has 2 nitrogen and oxygen atoms in total. The molecule has 1 aromatic carbocycles. The van der Waals surface area contributed by atoms with Crippen LogP contribution in [0.2, 0.25) is 0 Å². The van der Waals surface area contributed by atoms with Crippen molar-refractivity contribution in [3.63, 3.8) is 0 Å². The molecule has 0 radical (unpaired) electrons. The molecule has 0 amide bonds. The van der Waals surface area contributed by atoms with E-state index in [0.29, 0.717) is 17.3 Å². The van der Waals surface area contributed by atoms with E-state index < -0.39 is 0 Å². The first-order valence-electron chi connectivity index (χ1n) is 4.85. The molecule has 0 heterocycles. The third-order valence-electron chi connectivity index (χ3n) is 2.15. The predicted octanol–water partition coefficient (Wildman–Crippen LogP) is 2.88. The minimum Gasteiger partial charge on any atom is -0.397 e. The minimum absolute atomic E-state index is 0.254. The fraction of sp³-hybridized carbons (Fsp3) is 0.455. The van der Waals surface area contributed by atoms with Crippen LogP contribution >= 0.6 is 11.8 Å². The van der Waals surface area contributed by atoms with Crippen LogP contribution in [-0.2, 0) is 0 Å². The minimum atomic E-state index is -0.254. The SMILES string of the molecule is CSCC(C)Nc1cc(C)c(F)cc1N. The van der Waals surface area contributed by atoms with Crippen LogP contribution in [0.25, 0.3) is 0 Å². The van der Waals surface area contributed by atoms with Gasteiger partial charge in [-0.25, -0.2) is 4.39 Å². The van der Waals surface area contributed by atoms with Gasteiger partial charge in [-0.3, -0.25) is 0 Å². The Morgan fingerprint density at radius 3 is 2.80 bits per heavy atom. The number of nitrogens with one attached hydrogen (secondary N) is 1. The molecule has 0 aliphatic carbocycles. The summed E-state index contributed by atoms with van der Waals surface area (Å²) in [7, 11) is 0. The van der Waals surface area contributed by atoms with Crippen molar-refractivity contribution in [3.8, 4) is 0 Å². The quantitative estimate of drug-likeness (QED) is 0.778. The fourth-order valence-electron chi connectivity index (χ4n) is 1.38. The van der Waals surface area contributed by atoms with Gasteiger partial charge in [0.1, 0.15) is 5.82 Å². The van der Waals surface area contributed by atoms with Gasteiger partial charge in [-0.2, -0.15) is 11.8 Å². The molecular weight excluding hydrogens is 211 g/mol. The van der Waals surface area contributed by atoms with Crippen LogP contribution in [-0.4, -0.2) is 18.1 Å². The molecule has 1 aromatic rings. The van der Waals surface area contributed by atoms with Gasteiger partial charge in [-0.15, -0.1) is 0 Å². The lowest BCUT2D eigenvalue weighted by atomic mass is 10.1. The summed E-state index contributed by atoms with van der Waals surface area (Å²) < 4.78 is 13.1. The average molecular weight is 228 g/mol. The molecular formula is C11H17FN2S. The number of anilines is 2. The van der Waals surface area contributed by atoms with Gasteiger partial charge in [0, 0.05) is 11.8 Å². The molecule has 4 heteroatoms. The number of benzene rings is 1. The Bertz CT molecular complexity index is 342. The van der Waals surface area contributed by atoms with Gasteiger partial charge in [0.15, 0.2) is 0 Å². The van der Waals surface area contributed by atoms with Gasteiger partial charge in [0.2, 0.25) is 0 Å². The molecule has 0 fully saturated rings. The van der Waals surface area contributed by atoms with Crippen molar-refractivity contribution >= 4 is 23.1 Å². The lowest BCUT2D eigenvalue weighted by Gasteiger charge is -2.16. The van der Waals surface area contributed by atoms with Crippen LogP contribution in [0.4, 0.5) is 15.8 Å². The van der Waals surface area contributed by atoms with Gasteiger partial charge < -0.3 is 11.1 Å². The van der Waals surface area contributed by atoms with Crippen molar-refractivity contribution in [2.45, 2.75) is 19.9 Å². The summed E-state index contributed by atoms with van der Waals surface area (Å²) in [6, 6.07) is 3.44. The maximum atomic E-state index is 13.1. The van der Waals surface area contributed by atoms with Crippen molar-refractivity contribution in [2.75, 3.05) is 23.1 Å². The number of nitrogens with two attached hydrogens (primary N) is 1. The lowest BCUT2D eigenvalue weighted by Crippen LogP contribution is -2.18. The van der Waals surface area contributed by atoms with Crippen LogP contribution in [0.15, 0.2) is 12.1 Å².